The summed E-state index contributed by atoms with van der Waals surface area (Å²) in [6, 6.07) is 11.7. The molecule has 2 aromatic rings. The van der Waals surface area contributed by atoms with Gasteiger partial charge in [-0.2, -0.15) is 0 Å². The number of hydrogen-bond acceptors (Lipinski definition) is 5. The molecule has 0 unspecified atom stereocenters. The van der Waals surface area contributed by atoms with Crippen molar-refractivity contribution in [2.45, 2.75) is 33.0 Å². The van der Waals surface area contributed by atoms with E-state index in [2.05, 4.69) is 5.32 Å². The van der Waals surface area contributed by atoms with Crippen LogP contribution in [0.1, 0.15) is 31.1 Å². The molecule has 0 spiro atoms. The van der Waals surface area contributed by atoms with Gasteiger partial charge < -0.3 is 14.8 Å². The summed E-state index contributed by atoms with van der Waals surface area (Å²) in [7, 11) is 0. The Kier molecular flexibility index (Phi) is 6.65. The van der Waals surface area contributed by atoms with Gasteiger partial charge in [-0.1, -0.05) is 12.1 Å². The average molecular weight is 373 g/mol. The van der Waals surface area contributed by atoms with Gasteiger partial charge in [0.2, 0.25) is 0 Å². The smallest absolute Gasteiger partial charge is 0.347 e. The number of carbonyl (C=O) groups excluding carboxylic acids is 3. The zero-order valence-electron chi connectivity index (χ0n) is 15.2. The fourth-order valence-corrected chi connectivity index (χ4v) is 2.22. The summed E-state index contributed by atoms with van der Waals surface area (Å²) in [5.74, 6) is -1.65. The highest BCUT2D eigenvalue weighted by molar-refractivity contribution is 6.04. The van der Waals surface area contributed by atoms with Gasteiger partial charge in [0.15, 0.2) is 18.0 Å². The van der Waals surface area contributed by atoms with Crippen LogP contribution in [0.25, 0.3) is 0 Å². The Balaban J connectivity index is 1.94. The molecule has 0 aromatic heterocycles. The number of ether oxygens (including phenoxy) is 2. The molecule has 6 nitrogen and oxygen atoms in total. The molecule has 2 rings (SSSR count). The first kappa shape index (κ1) is 20.1. The molecule has 0 saturated carbocycles. The van der Waals surface area contributed by atoms with Crippen LogP contribution in [0, 0.1) is 5.82 Å². The van der Waals surface area contributed by atoms with Crippen molar-refractivity contribution in [3.63, 3.8) is 0 Å². The molecular formula is C20H20FNO5. The Bertz CT molecular complexity index is 835. The van der Waals surface area contributed by atoms with Crippen molar-refractivity contribution < 1.29 is 28.2 Å². The van der Waals surface area contributed by atoms with Crippen LogP contribution in [0.2, 0.25) is 0 Å². The maximum Gasteiger partial charge on any atom is 0.347 e. The lowest BCUT2D eigenvalue weighted by molar-refractivity contribution is -0.159. The van der Waals surface area contributed by atoms with Crippen LogP contribution in [-0.2, 0) is 14.3 Å². The molecule has 142 valence electrons. The molecule has 27 heavy (non-hydrogen) atoms. The second-order valence-corrected chi connectivity index (χ2v) is 5.88. The minimum Gasteiger partial charge on any atom is -0.479 e. The Hall–Kier alpha value is -3.22. The number of anilines is 1. The fraction of sp³-hybridized carbons (Fsp3) is 0.250. The maximum absolute atomic E-state index is 12.9. The third-order valence-corrected chi connectivity index (χ3v) is 3.68. The van der Waals surface area contributed by atoms with E-state index in [1.807, 2.05) is 0 Å². The van der Waals surface area contributed by atoms with Gasteiger partial charge in [-0.25, -0.2) is 9.18 Å². The summed E-state index contributed by atoms with van der Waals surface area (Å²) in [6.45, 7) is 4.26. The third-order valence-electron chi connectivity index (χ3n) is 3.68. The van der Waals surface area contributed by atoms with Crippen LogP contribution in [-0.4, -0.2) is 29.9 Å². The third kappa shape index (κ3) is 5.64. The molecule has 0 saturated heterocycles. The average Bonchev–Trinajstić information content (AvgIpc) is 2.63. The molecule has 0 radical (unpaired) electrons. The molecule has 0 aliphatic carbocycles. The largest absolute Gasteiger partial charge is 0.479 e. The Morgan fingerprint density at radius 3 is 2.22 bits per heavy atom. The SMILES string of the molecule is CC(=O)c1ccccc1NC(=O)[C@H](C)OC(=O)[C@H](C)Oc1ccc(F)cc1. The first-order valence-corrected chi connectivity index (χ1v) is 8.31. The number of ketones is 1. The minimum absolute atomic E-state index is 0.197. The standard InChI is InChI=1S/C20H20FNO5/c1-12(23)17-6-4-5-7-18(17)22-19(24)13(2)27-20(25)14(3)26-16-10-8-15(21)9-11-16/h4-11,13-14H,1-3H3,(H,22,24)/t13-,14-/m0/s1. The van der Waals surface area contributed by atoms with Crippen molar-refractivity contribution in [1.82, 2.24) is 0 Å². The van der Waals surface area contributed by atoms with E-state index in [4.69, 9.17) is 9.47 Å². The number of hydrogen-bond donors (Lipinski definition) is 1. The van der Waals surface area contributed by atoms with Gasteiger partial charge in [-0.15, -0.1) is 0 Å². The predicted octanol–water partition coefficient (Wildman–Crippen LogP) is 3.37. The lowest BCUT2D eigenvalue weighted by Crippen LogP contribution is -2.35. The van der Waals surface area contributed by atoms with Gasteiger partial charge in [-0.05, 0) is 57.2 Å². The van der Waals surface area contributed by atoms with Crippen molar-refractivity contribution in [2.75, 3.05) is 5.32 Å². The number of Topliss-reactive ketones (excluding diaryl/α,β-unsaturated/α-hetero) is 1. The van der Waals surface area contributed by atoms with Crippen LogP contribution in [0.4, 0.5) is 10.1 Å². The van der Waals surface area contributed by atoms with Crippen LogP contribution in [0.15, 0.2) is 48.5 Å². The molecule has 0 fully saturated rings. The highest BCUT2D eigenvalue weighted by atomic mass is 19.1. The second-order valence-electron chi connectivity index (χ2n) is 5.88. The van der Waals surface area contributed by atoms with Crippen LogP contribution in [0.3, 0.4) is 0 Å². The summed E-state index contributed by atoms with van der Waals surface area (Å²) in [4.78, 5) is 36.0. The Morgan fingerprint density at radius 2 is 1.59 bits per heavy atom. The zero-order chi connectivity index (χ0) is 20.0. The number of para-hydroxylation sites is 1. The van der Waals surface area contributed by atoms with E-state index in [-0.39, 0.29) is 5.78 Å². The number of esters is 1. The number of benzene rings is 2. The summed E-state index contributed by atoms with van der Waals surface area (Å²) in [6.07, 6.45) is -2.09. The number of rotatable bonds is 7. The molecule has 1 N–H and O–H groups in total. The minimum atomic E-state index is -1.10. The Morgan fingerprint density at radius 1 is 0.963 bits per heavy atom. The van der Waals surface area contributed by atoms with E-state index in [1.54, 1.807) is 24.3 Å². The summed E-state index contributed by atoms with van der Waals surface area (Å²) in [5.41, 5.74) is 0.700. The normalized spacial score (nSPS) is 12.6. The van der Waals surface area contributed by atoms with E-state index in [0.29, 0.717) is 17.0 Å². The van der Waals surface area contributed by atoms with Gasteiger partial charge in [0.05, 0.1) is 5.69 Å². The number of nitrogens with one attached hydrogen (secondary N) is 1. The van der Waals surface area contributed by atoms with Crippen molar-refractivity contribution in [3.05, 3.63) is 59.9 Å². The van der Waals surface area contributed by atoms with Crippen LogP contribution < -0.4 is 10.1 Å². The molecule has 1 amide bonds. The van der Waals surface area contributed by atoms with Crippen LogP contribution >= 0.6 is 0 Å². The van der Waals surface area contributed by atoms with E-state index in [0.717, 1.165) is 0 Å². The monoisotopic (exact) mass is 373 g/mol. The number of halogens is 1. The van der Waals surface area contributed by atoms with E-state index >= 15 is 0 Å². The van der Waals surface area contributed by atoms with Crippen molar-refractivity contribution in [3.8, 4) is 5.75 Å². The first-order valence-electron chi connectivity index (χ1n) is 8.31. The lowest BCUT2D eigenvalue weighted by atomic mass is 10.1. The highest BCUT2D eigenvalue weighted by Gasteiger charge is 2.24. The molecular weight excluding hydrogens is 353 g/mol. The molecule has 2 aromatic carbocycles. The second kappa shape index (κ2) is 8.93. The summed E-state index contributed by atoms with van der Waals surface area (Å²) >= 11 is 0. The quantitative estimate of drug-likeness (QED) is 0.594. The summed E-state index contributed by atoms with van der Waals surface area (Å²) < 4.78 is 23.4. The van der Waals surface area contributed by atoms with Crippen molar-refractivity contribution in [2.24, 2.45) is 0 Å². The van der Waals surface area contributed by atoms with Gasteiger partial charge in [0, 0.05) is 5.56 Å². The zero-order valence-corrected chi connectivity index (χ0v) is 15.2. The number of amides is 1. The van der Waals surface area contributed by atoms with Gasteiger partial charge >= 0.3 is 5.97 Å². The van der Waals surface area contributed by atoms with Crippen molar-refractivity contribution >= 4 is 23.3 Å². The van der Waals surface area contributed by atoms with Gasteiger partial charge in [0.1, 0.15) is 11.6 Å². The van der Waals surface area contributed by atoms with Crippen molar-refractivity contribution in [1.29, 1.82) is 0 Å². The topological polar surface area (TPSA) is 81.7 Å². The first-order chi connectivity index (χ1) is 12.8. The van der Waals surface area contributed by atoms with E-state index in [1.165, 1.54) is 45.0 Å². The molecule has 0 heterocycles. The highest BCUT2D eigenvalue weighted by Crippen LogP contribution is 2.17. The molecule has 0 aliphatic rings. The maximum atomic E-state index is 12.9. The Labute approximate surface area is 156 Å². The summed E-state index contributed by atoms with van der Waals surface area (Å²) in [5, 5.41) is 2.57. The molecule has 0 aliphatic heterocycles. The van der Waals surface area contributed by atoms with Crippen LogP contribution in [0.5, 0.6) is 5.75 Å². The molecule has 2 atom stereocenters. The van der Waals surface area contributed by atoms with Gasteiger partial charge in [-0.3, -0.25) is 9.59 Å². The number of carbonyl (C=O) groups is 3. The fourth-order valence-electron chi connectivity index (χ4n) is 2.22. The van der Waals surface area contributed by atoms with Gasteiger partial charge in [0.25, 0.3) is 5.91 Å². The lowest BCUT2D eigenvalue weighted by Gasteiger charge is -2.18. The molecule has 0 bridgehead atoms. The van der Waals surface area contributed by atoms with E-state index in [9.17, 15) is 18.8 Å². The molecule has 7 heteroatoms. The van der Waals surface area contributed by atoms with E-state index < -0.39 is 29.9 Å². The predicted molar refractivity (Wildman–Crippen MR) is 97.1 cm³/mol.